The van der Waals surface area contributed by atoms with Gasteiger partial charge in [0.05, 0.1) is 12.7 Å². The minimum atomic E-state index is -0.214. The fourth-order valence-corrected chi connectivity index (χ4v) is 1.30. The third-order valence-corrected chi connectivity index (χ3v) is 1.97. The number of rotatable bonds is 2. The Bertz CT molecular complexity index is 95.6. The lowest BCUT2D eigenvalue weighted by atomic mass is 9.96. The zero-order valence-corrected chi connectivity index (χ0v) is 6.34. The first-order valence-electron chi connectivity index (χ1n) is 3.72. The first-order valence-corrected chi connectivity index (χ1v) is 3.72. The van der Waals surface area contributed by atoms with Gasteiger partial charge in [-0.05, 0) is 13.0 Å². The van der Waals surface area contributed by atoms with Crippen molar-refractivity contribution in [3.05, 3.63) is 0 Å². The van der Waals surface area contributed by atoms with Crippen molar-refractivity contribution in [2.45, 2.75) is 12.5 Å². The Hall–Kier alpha value is -0.120. The van der Waals surface area contributed by atoms with E-state index in [1.165, 1.54) is 0 Å². The summed E-state index contributed by atoms with van der Waals surface area (Å²) in [6.45, 7) is 2.40. The molecule has 0 bridgehead atoms. The van der Waals surface area contributed by atoms with E-state index in [1.807, 2.05) is 0 Å². The van der Waals surface area contributed by atoms with Crippen LogP contribution in [-0.4, -0.2) is 38.0 Å². The van der Waals surface area contributed by atoms with Crippen LogP contribution < -0.4 is 5.32 Å². The quantitative estimate of drug-likeness (QED) is 0.555. The SMILES string of the molecule is COC[C@@H]1CCNC[C@@H]1O. The largest absolute Gasteiger partial charge is 0.391 e. The molecule has 0 spiro atoms. The summed E-state index contributed by atoms with van der Waals surface area (Å²) in [7, 11) is 1.68. The van der Waals surface area contributed by atoms with Gasteiger partial charge in [-0.25, -0.2) is 0 Å². The Balaban J connectivity index is 2.25. The molecule has 1 rings (SSSR count). The molecule has 0 aromatic carbocycles. The molecule has 10 heavy (non-hydrogen) atoms. The third-order valence-electron chi connectivity index (χ3n) is 1.97. The predicted octanol–water partition coefficient (Wildman–Crippen LogP) is -0.397. The van der Waals surface area contributed by atoms with Crippen LogP contribution >= 0.6 is 0 Å². The molecule has 3 nitrogen and oxygen atoms in total. The molecule has 2 N–H and O–H groups in total. The van der Waals surface area contributed by atoms with E-state index in [0.29, 0.717) is 19.1 Å². The van der Waals surface area contributed by atoms with Crippen LogP contribution in [0.25, 0.3) is 0 Å². The Kier molecular flexibility index (Phi) is 3.12. The van der Waals surface area contributed by atoms with Gasteiger partial charge in [0.25, 0.3) is 0 Å². The van der Waals surface area contributed by atoms with Crippen LogP contribution in [-0.2, 0) is 4.74 Å². The second-order valence-electron chi connectivity index (χ2n) is 2.78. The van der Waals surface area contributed by atoms with Crippen LogP contribution in [0.2, 0.25) is 0 Å². The first kappa shape index (κ1) is 7.98. The van der Waals surface area contributed by atoms with Crippen molar-refractivity contribution < 1.29 is 9.84 Å². The van der Waals surface area contributed by atoms with Crippen molar-refractivity contribution in [1.82, 2.24) is 5.32 Å². The normalized spacial score (nSPS) is 34.2. The number of aliphatic hydroxyl groups is 1. The molecule has 0 unspecified atom stereocenters. The average Bonchev–Trinajstić information content (AvgIpc) is 1.94. The molecule has 0 aromatic rings. The lowest BCUT2D eigenvalue weighted by molar-refractivity contribution is 0.0296. The average molecular weight is 145 g/mol. The molecule has 0 amide bonds. The Morgan fingerprint density at radius 1 is 1.70 bits per heavy atom. The van der Waals surface area contributed by atoms with E-state index in [-0.39, 0.29) is 6.10 Å². The van der Waals surface area contributed by atoms with Crippen LogP contribution in [0.1, 0.15) is 6.42 Å². The van der Waals surface area contributed by atoms with Gasteiger partial charge in [0.2, 0.25) is 0 Å². The summed E-state index contributed by atoms with van der Waals surface area (Å²) in [5.74, 6) is 0.339. The molecule has 1 aliphatic heterocycles. The summed E-state index contributed by atoms with van der Waals surface area (Å²) < 4.78 is 4.96. The highest BCUT2D eigenvalue weighted by Gasteiger charge is 2.21. The van der Waals surface area contributed by atoms with E-state index in [0.717, 1.165) is 13.0 Å². The highest BCUT2D eigenvalue weighted by atomic mass is 16.5. The minimum Gasteiger partial charge on any atom is -0.391 e. The Morgan fingerprint density at radius 3 is 3.10 bits per heavy atom. The molecule has 2 atom stereocenters. The highest BCUT2D eigenvalue weighted by Crippen LogP contribution is 2.11. The lowest BCUT2D eigenvalue weighted by Gasteiger charge is -2.27. The number of nitrogens with one attached hydrogen (secondary N) is 1. The standard InChI is InChI=1S/C7H15NO2/c1-10-5-6-2-3-8-4-7(6)9/h6-9H,2-5H2,1H3/t6-,7-/m0/s1. The maximum absolute atomic E-state index is 9.36. The molecule has 0 aliphatic carbocycles. The maximum Gasteiger partial charge on any atom is 0.0715 e. The zero-order chi connectivity index (χ0) is 7.40. The number of hydrogen-bond acceptors (Lipinski definition) is 3. The van der Waals surface area contributed by atoms with E-state index in [4.69, 9.17) is 4.74 Å². The zero-order valence-electron chi connectivity index (χ0n) is 6.34. The number of ether oxygens (including phenoxy) is 1. The molecular formula is C7H15NO2. The van der Waals surface area contributed by atoms with Crippen molar-refractivity contribution in [2.75, 3.05) is 26.8 Å². The maximum atomic E-state index is 9.36. The molecular weight excluding hydrogens is 130 g/mol. The van der Waals surface area contributed by atoms with Crippen LogP contribution in [0, 0.1) is 5.92 Å². The number of hydrogen-bond donors (Lipinski definition) is 2. The first-order chi connectivity index (χ1) is 4.84. The van der Waals surface area contributed by atoms with Gasteiger partial charge in [-0.15, -0.1) is 0 Å². The summed E-state index contributed by atoms with van der Waals surface area (Å²) >= 11 is 0. The summed E-state index contributed by atoms with van der Waals surface area (Å²) in [6.07, 6.45) is 0.809. The van der Waals surface area contributed by atoms with Crippen LogP contribution in [0.4, 0.5) is 0 Å². The number of aliphatic hydroxyl groups excluding tert-OH is 1. The highest BCUT2D eigenvalue weighted by molar-refractivity contribution is 4.76. The Morgan fingerprint density at radius 2 is 2.50 bits per heavy atom. The number of piperidine rings is 1. The molecule has 60 valence electrons. The molecule has 3 heteroatoms. The van der Waals surface area contributed by atoms with Gasteiger partial charge in [0.15, 0.2) is 0 Å². The molecule has 1 aliphatic rings. The summed E-state index contributed by atoms with van der Waals surface area (Å²) in [5.41, 5.74) is 0. The van der Waals surface area contributed by atoms with Gasteiger partial charge in [-0.1, -0.05) is 0 Å². The van der Waals surface area contributed by atoms with Gasteiger partial charge >= 0.3 is 0 Å². The van der Waals surface area contributed by atoms with Crippen molar-refractivity contribution in [2.24, 2.45) is 5.92 Å². The van der Waals surface area contributed by atoms with E-state index in [2.05, 4.69) is 5.32 Å². The van der Waals surface area contributed by atoms with Crippen molar-refractivity contribution >= 4 is 0 Å². The van der Waals surface area contributed by atoms with Crippen molar-refractivity contribution in [3.8, 4) is 0 Å². The summed E-state index contributed by atoms with van der Waals surface area (Å²) in [4.78, 5) is 0. The monoisotopic (exact) mass is 145 g/mol. The van der Waals surface area contributed by atoms with Crippen LogP contribution in [0.3, 0.4) is 0 Å². The molecule has 0 aromatic heterocycles. The second kappa shape index (κ2) is 3.91. The smallest absolute Gasteiger partial charge is 0.0715 e. The topological polar surface area (TPSA) is 41.5 Å². The van der Waals surface area contributed by atoms with Gasteiger partial charge in [0.1, 0.15) is 0 Å². The van der Waals surface area contributed by atoms with Crippen LogP contribution in [0.5, 0.6) is 0 Å². The van der Waals surface area contributed by atoms with Gasteiger partial charge in [-0.3, -0.25) is 0 Å². The second-order valence-corrected chi connectivity index (χ2v) is 2.78. The molecule has 0 saturated carbocycles. The van der Waals surface area contributed by atoms with E-state index >= 15 is 0 Å². The van der Waals surface area contributed by atoms with Gasteiger partial charge in [0, 0.05) is 19.6 Å². The molecule has 0 radical (unpaired) electrons. The Labute approximate surface area is 61.4 Å². The van der Waals surface area contributed by atoms with Crippen molar-refractivity contribution in [1.29, 1.82) is 0 Å². The lowest BCUT2D eigenvalue weighted by Crippen LogP contribution is -2.42. The summed E-state index contributed by atoms with van der Waals surface area (Å²) in [6, 6.07) is 0. The molecule has 1 heterocycles. The molecule has 1 saturated heterocycles. The van der Waals surface area contributed by atoms with E-state index < -0.39 is 0 Å². The predicted molar refractivity (Wildman–Crippen MR) is 38.9 cm³/mol. The van der Waals surface area contributed by atoms with Crippen molar-refractivity contribution in [3.63, 3.8) is 0 Å². The van der Waals surface area contributed by atoms with Gasteiger partial charge in [-0.2, -0.15) is 0 Å². The van der Waals surface area contributed by atoms with E-state index in [9.17, 15) is 5.11 Å². The summed E-state index contributed by atoms with van der Waals surface area (Å²) in [5, 5.41) is 12.5. The molecule has 1 fully saturated rings. The van der Waals surface area contributed by atoms with Crippen LogP contribution in [0.15, 0.2) is 0 Å². The third kappa shape index (κ3) is 1.94. The number of methoxy groups -OCH3 is 1. The fraction of sp³-hybridized carbons (Fsp3) is 1.00. The fourth-order valence-electron chi connectivity index (χ4n) is 1.30. The number of β-amino-alcohol motifs (C(OH)–C–C–N with tert-alkyl or cyclic N) is 1. The minimum absolute atomic E-state index is 0.214. The van der Waals surface area contributed by atoms with Gasteiger partial charge < -0.3 is 15.2 Å². The van der Waals surface area contributed by atoms with E-state index in [1.54, 1.807) is 7.11 Å².